The highest BCUT2D eigenvalue weighted by molar-refractivity contribution is 5.96. The van der Waals surface area contributed by atoms with Gasteiger partial charge in [-0.05, 0) is 62.1 Å². The number of anilines is 2. The SMILES string of the molecule is CN(C)c1nc(NC2CCC(NC(=O)c3cccnc3Oc3ccc(F)c(F)c3)CC2)nc2ccccc12. The molecule has 1 saturated carbocycles. The molecular formula is C28H28F2N6O2. The van der Waals surface area contributed by atoms with Crippen molar-refractivity contribution in [1.29, 1.82) is 0 Å². The van der Waals surface area contributed by atoms with Crippen LogP contribution in [0.5, 0.6) is 11.6 Å². The Morgan fingerprint density at radius 2 is 1.71 bits per heavy atom. The minimum absolute atomic E-state index is 0.0215. The van der Waals surface area contributed by atoms with Crippen molar-refractivity contribution >= 4 is 28.6 Å². The van der Waals surface area contributed by atoms with E-state index >= 15 is 0 Å². The van der Waals surface area contributed by atoms with Gasteiger partial charge < -0.3 is 20.3 Å². The van der Waals surface area contributed by atoms with Gasteiger partial charge in [-0.2, -0.15) is 4.98 Å². The van der Waals surface area contributed by atoms with Gasteiger partial charge >= 0.3 is 0 Å². The summed E-state index contributed by atoms with van der Waals surface area (Å²) < 4.78 is 32.4. The van der Waals surface area contributed by atoms with Crippen LogP contribution in [0.25, 0.3) is 10.9 Å². The van der Waals surface area contributed by atoms with Crippen LogP contribution in [0, 0.1) is 11.6 Å². The molecule has 1 amide bonds. The van der Waals surface area contributed by atoms with Crippen molar-refractivity contribution in [2.45, 2.75) is 37.8 Å². The van der Waals surface area contributed by atoms with Crippen LogP contribution in [0.4, 0.5) is 20.5 Å². The normalized spacial score (nSPS) is 17.2. The van der Waals surface area contributed by atoms with E-state index in [0.29, 0.717) is 5.95 Å². The molecule has 5 rings (SSSR count). The smallest absolute Gasteiger partial charge is 0.257 e. The number of ether oxygens (including phenoxy) is 1. The average molecular weight is 519 g/mol. The Morgan fingerprint density at radius 1 is 0.947 bits per heavy atom. The van der Waals surface area contributed by atoms with Gasteiger partial charge in [0.1, 0.15) is 17.1 Å². The molecule has 4 aromatic rings. The maximum atomic E-state index is 13.6. The highest BCUT2D eigenvalue weighted by atomic mass is 19.2. The molecule has 0 bridgehead atoms. The molecule has 8 nitrogen and oxygen atoms in total. The summed E-state index contributed by atoms with van der Waals surface area (Å²) in [6.07, 6.45) is 4.70. The number of aromatic nitrogens is 3. The quantitative estimate of drug-likeness (QED) is 0.342. The molecule has 2 heterocycles. The third-order valence-electron chi connectivity index (χ3n) is 6.52. The fraction of sp³-hybridized carbons (Fsp3) is 0.286. The number of amides is 1. The standard InChI is InChI=1S/C28H28F2N6O2/c1-36(2)25-20-6-3-4-8-24(20)34-28(35-25)33-18-11-9-17(10-12-18)32-26(37)21-7-5-15-31-27(21)38-19-13-14-22(29)23(30)16-19/h3-8,13-18H,9-12H2,1-2H3,(H,32,37)(H,33,34,35). The van der Waals surface area contributed by atoms with Crippen LogP contribution in [0.3, 0.4) is 0 Å². The fourth-order valence-corrected chi connectivity index (χ4v) is 4.59. The molecule has 2 N–H and O–H groups in total. The molecule has 196 valence electrons. The van der Waals surface area contributed by atoms with E-state index in [0.717, 1.165) is 54.5 Å². The highest BCUT2D eigenvalue weighted by Gasteiger charge is 2.25. The molecule has 1 aliphatic carbocycles. The molecule has 1 aliphatic rings. The molecule has 0 atom stereocenters. The van der Waals surface area contributed by atoms with Crippen molar-refractivity contribution in [3.63, 3.8) is 0 Å². The maximum absolute atomic E-state index is 13.6. The number of hydrogen-bond acceptors (Lipinski definition) is 7. The third kappa shape index (κ3) is 5.64. The van der Waals surface area contributed by atoms with Gasteiger partial charge in [-0.1, -0.05) is 12.1 Å². The molecular weight excluding hydrogens is 490 g/mol. The molecule has 1 fully saturated rings. The predicted octanol–water partition coefficient (Wildman–Crippen LogP) is 5.31. The lowest BCUT2D eigenvalue weighted by Gasteiger charge is -2.30. The van der Waals surface area contributed by atoms with Crippen LogP contribution in [0.2, 0.25) is 0 Å². The second kappa shape index (κ2) is 11.0. The number of carbonyl (C=O) groups excluding carboxylic acids is 1. The van der Waals surface area contributed by atoms with Crippen molar-refractivity contribution in [1.82, 2.24) is 20.3 Å². The zero-order valence-electron chi connectivity index (χ0n) is 21.1. The van der Waals surface area contributed by atoms with Crippen LogP contribution in [-0.2, 0) is 0 Å². The number of rotatable bonds is 7. The van der Waals surface area contributed by atoms with Crippen molar-refractivity contribution in [3.8, 4) is 11.6 Å². The van der Waals surface area contributed by atoms with Gasteiger partial charge in [0.05, 0.1) is 5.52 Å². The highest BCUT2D eigenvalue weighted by Crippen LogP contribution is 2.28. The van der Waals surface area contributed by atoms with E-state index in [1.165, 1.54) is 12.3 Å². The Kier molecular flexibility index (Phi) is 7.30. The summed E-state index contributed by atoms with van der Waals surface area (Å²) in [7, 11) is 3.92. The third-order valence-corrected chi connectivity index (χ3v) is 6.52. The molecule has 2 aromatic carbocycles. The number of nitrogens with zero attached hydrogens (tertiary/aromatic N) is 4. The summed E-state index contributed by atoms with van der Waals surface area (Å²) in [6, 6.07) is 14.5. The van der Waals surface area contributed by atoms with Crippen LogP contribution in [-0.4, -0.2) is 47.0 Å². The first-order valence-corrected chi connectivity index (χ1v) is 12.5. The van der Waals surface area contributed by atoms with Gasteiger partial charge in [0, 0.05) is 43.8 Å². The predicted molar refractivity (Wildman–Crippen MR) is 142 cm³/mol. The summed E-state index contributed by atoms with van der Waals surface area (Å²) in [6.45, 7) is 0. The maximum Gasteiger partial charge on any atom is 0.257 e. The minimum Gasteiger partial charge on any atom is -0.438 e. The molecule has 0 radical (unpaired) electrons. The number of halogens is 2. The molecule has 0 aliphatic heterocycles. The molecule has 0 spiro atoms. The van der Waals surface area contributed by atoms with Gasteiger partial charge in [0.25, 0.3) is 5.91 Å². The second-order valence-corrected chi connectivity index (χ2v) is 9.48. The van der Waals surface area contributed by atoms with E-state index in [-0.39, 0.29) is 35.2 Å². The summed E-state index contributed by atoms with van der Waals surface area (Å²) in [5.74, 6) is -0.826. The number of pyridine rings is 1. The van der Waals surface area contributed by atoms with Gasteiger partial charge in [-0.25, -0.2) is 18.7 Å². The molecule has 10 heteroatoms. The van der Waals surface area contributed by atoms with E-state index in [4.69, 9.17) is 14.7 Å². The monoisotopic (exact) mass is 518 g/mol. The van der Waals surface area contributed by atoms with Gasteiger partial charge in [-0.15, -0.1) is 0 Å². The Balaban J connectivity index is 1.20. The lowest BCUT2D eigenvalue weighted by atomic mass is 9.91. The molecule has 38 heavy (non-hydrogen) atoms. The fourth-order valence-electron chi connectivity index (χ4n) is 4.59. The largest absolute Gasteiger partial charge is 0.438 e. The first-order valence-electron chi connectivity index (χ1n) is 12.5. The van der Waals surface area contributed by atoms with E-state index < -0.39 is 11.6 Å². The number of hydrogen-bond donors (Lipinski definition) is 2. The average Bonchev–Trinajstić information content (AvgIpc) is 2.91. The lowest BCUT2D eigenvalue weighted by Crippen LogP contribution is -2.40. The zero-order chi connectivity index (χ0) is 26.6. The number of nitrogens with one attached hydrogen (secondary N) is 2. The number of para-hydroxylation sites is 1. The number of fused-ring (bicyclic) bond motifs is 1. The Morgan fingerprint density at radius 3 is 2.47 bits per heavy atom. The van der Waals surface area contributed by atoms with Crippen molar-refractivity contribution < 1.29 is 18.3 Å². The Hall–Kier alpha value is -4.34. The lowest BCUT2D eigenvalue weighted by molar-refractivity contribution is 0.0923. The van der Waals surface area contributed by atoms with E-state index in [2.05, 4.69) is 15.6 Å². The van der Waals surface area contributed by atoms with Crippen LogP contribution >= 0.6 is 0 Å². The van der Waals surface area contributed by atoms with Crippen LogP contribution in [0.15, 0.2) is 60.8 Å². The van der Waals surface area contributed by atoms with Gasteiger partial charge in [0.2, 0.25) is 11.8 Å². The first-order chi connectivity index (χ1) is 18.4. The molecule has 0 saturated heterocycles. The van der Waals surface area contributed by atoms with Crippen molar-refractivity contribution in [2.75, 3.05) is 24.3 Å². The van der Waals surface area contributed by atoms with E-state index in [1.807, 2.05) is 43.3 Å². The first kappa shape index (κ1) is 25.3. The number of carbonyl (C=O) groups is 1. The second-order valence-electron chi connectivity index (χ2n) is 9.48. The van der Waals surface area contributed by atoms with Crippen molar-refractivity contribution in [3.05, 3.63) is 78.0 Å². The summed E-state index contributed by atoms with van der Waals surface area (Å²) >= 11 is 0. The summed E-state index contributed by atoms with van der Waals surface area (Å²) in [5.41, 5.74) is 1.10. The van der Waals surface area contributed by atoms with E-state index in [9.17, 15) is 13.6 Å². The van der Waals surface area contributed by atoms with E-state index in [1.54, 1.807) is 12.1 Å². The summed E-state index contributed by atoms with van der Waals surface area (Å²) in [4.78, 5) is 28.5. The zero-order valence-corrected chi connectivity index (χ0v) is 21.1. The topological polar surface area (TPSA) is 92.3 Å². The van der Waals surface area contributed by atoms with Crippen molar-refractivity contribution in [2.24, 2.45) is 0 Å². The minimum atomic E-state index is -1.04. The van der Waals surface area contributed by atoms with Gasteiger partial charge in [-0.3, -0.25) is 4.79 Å². The molecule has 2 aromatic heterocycles. The summed E-state index contributed by atoms with van der Waals surface area (Å²) in [5, 5.41) is 7.52. The van der Waals surface area contributed by atoms with Crippen LogP contribution < -0.4 is 20.3 Å². The van der Waals surface area contributed by atoms with Crippen LogP contribution in [0.1, 0.15) is 36.0 Å². The molecule has 0 unspecified atom stereocenters. The Labute approximate surface area is 219 Å². The number of benzene rings is 2. The Bertz CT molecular complexity index is 1460. The van der Waals surface area contributed by atoms with Gasteiger partial charge in [0.15, 0.2) is 11.6 Å².